The van der Waals surface area contributed by atoms with E-state index in [0.717, 1.165) is 18.5 Å². The smallest absolute Gasteiger partial charge is 0.338 e. The van der Waals surface area contributed by atoms with E-state index < -0.39 is 0 Å². The molecule has 0 bridgehead atoms. The van der Waals surface area contributed by atoms with Crippen molar-refractivity contribution in [1.29, 1.82) is 0 Å². The zero-order chi connectivity index (χ0) is 12.1. The van der Waals surface area contributed by atoms with Gasteiger partial charge in [0.2, 0.25) is 0 Å². The highest BCUT2D eigenvalue weighted by Crippen LogP contribution is 2.21. The van der Waals surface area contributed by atoms with Crippen LogP contribution >= 0.6 is 0 Å². The quantitative estimate of drug-likeness (QED) is 0.815. The second-order valence-electron chi connectivity index (χ2n) is 4.49. The van der Waals surface area contributed by atoms with Crippen LogP contribution in [0.2, 0.25) is 0 Å². The van der Waals surface area contributed by atoms with Crippen LogP contribution in [0.15, 0.2) is 24.3 Å². The summed E-state index contributed by atoms with van der Waals surface area (Å²) in [5, 5.41) is 3.02. The average Bonchev–Trinajstić information content (AvgIpc) is 2.40. The molecule has 0 amide bonds. The molecule has 0 heterocycles. The summed E-state index contributed by atoms with van der Waals surface area (Å²) < 4.78 is 5.49. The van der Waals surface area contributed by atoms with Gasteiger partial charge >= 0.3 is 5.97 Å². The Kier molecular flexibility index (Phi) is 4.02. The average molecular weight is 233 g/mol. The molecule has 1 aliphatic carbocycles. The second-order valence-corrected chi connectivity index (χ2v) is 4.49. The predicted molar refractivity (Wildman–Crippen MR) is 68.3 cm³/mol. The van der Waals surface area contributed by atoms with E-state index in [0.29, 0.717) is 5.56 Å². The standard InChI is InChI=1S/C14H19NO2/c1-15-12-9-7-11(8-10-12)14(16)17-13-5-3-2-4-6-13/h7-10,13,15H,2-6H2,1H3. The fourth-order valence-corrected chi connectivity index (χ4v) is 2.18. The van der Waals surface area contributed by atoms with Gasteiger partial charge in [0.15, 0.2) is 0 Å². The molecule has 1 fully saturated rings. The lowest BCUT2D eigenvalue weighted by Crippen LogP contribution is -2.20. The highest BCUT2D eigenvalue weighted by molar-refractivity contribution is 5.89. The van der Waals surface area contributed by atoms with Crippen LogP contribution in [0.25, 0.3) is 0 Å². The van der Waals surface area contributed by atoms with E-state index in [9.17, 15) is 4.79 Å². The van der Waals surface area contributed by atoms with Crippen LogP contribution < -0.4 is 5.32 Å². The van der Waals surface area contributed by atoms with Gasteiger partial charge in [0, 0.05) is 12.7 Å². The Labute approximate surface area is 102 Å². The fraction of sp³-hybridized carbons (Fsp3) is 0.500. The molecule has 0 unspecified atom stereocenters. The summed E-state index contributed by atoms with van der Waals surface area (Å²) in [4.78, 5) is 11.9. The number of esters is 1. The van der Waals surface area contributed by atoms with E-state index in [4.69, 9.17) is 4.74 Å². The number of carbonyl (C=O) groups is 1. The first kappa shape index (κ1) is 12.0. The van der Waals surface area contributed by atoms with Crippen LogP contribution in [0, 0.1) is 0 Å². The van der Waals surface area contributed by atoms with Gasteiger partial charge < -0.3 is 10.1 Å². The molecular weight excluding hydrogens is 214 g/mol. The molecule has 0 aromatic heterocycles. The van der Waals surface area contributed by atoms with Crippen molar-refractivity contribution in [3.63, 3.8) is 0 Å². The minimum Gasteiger partial charge on any atom is -0.459 e. The number of nitrogens with one attached hydrogen (secondary N) is 1. The zero-order valence-corrected chi connectivity index (χ0v) is 10.2. The largest absolute Gasteiger partial charge is 0.459 e. The number of ether oxygens (including phenoxy) is 1. The van der Waals surface area contributed by atoms with Crippen LogP contribution in [0.3, 0.4) is 0 Å². The van der Waals surface area contributed by atoms with Gasteiger partial charge in [0.25, 0.3) is 0 Å². The van der Waals surface area contributed by atoms with E-state index in [1.165, 1.54) is 19.3 Å². The Morgan fingerprint density at radius 1 is 1.18 bits per heavy atom. The molecule has 0 spiro atoms. The lowest BCUT2D eigenvalue weighted by Gasteiger charge is -2.21. The van der Waals surface area contributed by atoms with Crippen molar-refractivity contribution in [2.24, 2.45) is 0 Å². The Hall–Kier alpha value is -1.51. The summed E-state index contributed by atoms with van der Waals surface area (Å²) in [6.07, 6.45) is 5.78. The summed E-state index contributed by atoms with van der Waals surface area (Å²) in [6.45, 7) is 0. The monoisotopic (exact) mass is 233 g/mol. The number of anilines is 1. The maximum Gasteiger partial charge on any atom is 0.338 e. The predicted octanol–water partition coefficient (Wildman–Crippen LogP) is 3.22. The molecule has 3 heteroatoms. The lowest BCUT2D eigenvalue weighted by molar-refractivity contribution is 0.0211. The van der Waals surface area contributed by atoms with E-state index in [2.05, 4.69) is 5.32 Å². The Morgan fingerprint density at radius 2 is 1.82 bits per heavy atom. The van der Waals surface area contributed by atoms with E-state index in [1.807, 2.05) is 19.2 Å². The normalized spacial score (nSPS) is 16.5. The Bertz CT molecular complexity index is 366. The Balaban J connectivity index is 1.93. The zero-order valence-electron chi connectivity index (χ0n) is 10.2. The molecule has 1 N–H and O–H groups in total. The maximum atomic E-state index is 11.9. The van der Waals surface area contributed by atoms with Crippen molar-refractivity contribution in [3.05, 3.63) is 29.8 Å². The minimum atomic E-state index is -0.195. The number of carbonyl (C=O) groups excluding carboxylic acids is 1. The molecule has 3 nitrogen and oxygen atoms in total. The van der Waals surface area contributed by atoms with Gasteiger partial charge in [0.1, 0.15) is 6.10 Å². The number of rotatable bonds is 3. The van der Waals surface area contributed by atoms with Gasteiger partial charge in [-0.25, -0.2) is 4.79 Å². The van der Waals surface area contributed by atoms with Crippen molar-refractivity contribution in [3.8, 4) is 0 Å². The minimum absolute atomic E-state index is 0.125. The summed E-state index contributed by atoms with van der Waals surface area (Å²) in [5.74, 6) is -0.195. The van der Waals surface area contributed by atoms with Crippen molar-refractivity contribution in [2.45, 2.75) is 38.2 Å². The molecule has 1 aliphatic rings. The maximum absolute atomic E-state index is 11.9. The van der Waals surface area contributed by atoms with Gasteiger partial charge in [-0.05, 0) is 49.9 Å². The lowest BCUT2D eigenvalue weighted by atomic mass is 9.98. The fourth-order valence-electron chi connectivity index (χ4n) is 2.18. The van der Waals surface area contributed by atoms with E-state index in [1.54, 1.807) is 12.1 Å². The van der Waals surface area contributed by atoms with Crippen molar-refractivity contribution >= 4 is 11.7 Å². The molecule has 0 atom stereocenters. The molecule has 1 aromatic rings. The number of benzene rings is 1. The molecule has 1 aromatic carbocycles. The van der Waals surface area contributed by atoms with Crippen LogP contribution in [-0.2, 0) is 4.74 Å². The summed E-state index contributed by atoms with van der Waals surface area (Å²) >= 11 is 0. The van der Waals surface area contributed by atoms with E-state index in [-0.39, 0.29) is 12.1 Å². The van der Waals surface area contributed by atoms with Crippen molar-refractivity contribution in [1.82, 2.24) is 0 Å². The molecule has 0 aliphatic heterocycles. The highest BCUT2D eigenvalue weighted by Gasteiger charge is 2.18. The van der Waals surface area contributed by atoms with Gasteiger partial charge in [-0.2, -0.15) is 0 Å². The number of hydrogen-bond donors (Lipinski definition) is 1. The van der Waals surface area contributed by atoms with Crippen molar-refractivity contribution in [2.75, 3.05) is 12.4 Å². The molecular formula is C14H19NO2. The van der Waals surface area contributed by atoms with Crippen LogP contribution in [0.4, 0.5) is 5.69 Å². The summed E-state index contributed by atoms with van der Waals surface area (Å²) in [6, 6.07) is 7.38. The molecule has 2 rings (SSSR count). The third-order valence-electron chi connectivity index (χ3n) is 3.24. The SMILES string of the molecule is CNc1ccc(C(=O)OC2CCCCC2)cc1. The first-order valence-corrected chi connectivity index (χ1v) is 6.28. The molecule has 0 radical (unpaired) electrons. The molecule has 92 valence electrons. The van der Waals surface area contributed by atoms with Gasteiger partial charge in [0.05, 0.1) is 5.56 Å². The summed E-state index contributed by atoms with van der Waals surface area (Å²) in [7, 11) is 1.86. The third kappa shape index (κ3) is 3.22. The molecule has 0 saturated heterocycles. The molecule has 17 heavy (non-hydrogen) atoms. The van der Waals surface area contributed by atoms with Crippen molar-refractivity contribution < 1.29 is 9.53 Å². The van der Waals surface area contributed by atoms with Gasteiger partial charge in [-0.15, -0.1) is 0 Å². The number of hydrogen-bond acceptors (Lipinski definition) is 3. The topological polar surface area (TPSA) is 38.3 Å². The first-order chi connectivity index (χ1) is 8.29. The van der Waals surface area contributed by atoms with Gasteiger partial charge in [-0.1, -0.05) is 6.42 Å². The first-order valence-electron chi connectivity index (χ1n) is 6.28. The highest BCUT2D eigenvalue weighted by atomic mass is 16.5. The summed E-state index contributed by atoms with van der Waals surface area (Å²) in [5.41, 5.74) is 1.63. The van der Waals surface area contributed by atoms with Crippen LogP contribution in [0.5, 0.6) is 0 Å². The van der Waals surface area contributed by atoms with Crippen LogP contribution in [0.1, 0.15) is 42.5 Å². The molecule has 1 saturated carbocycles. The van der Waals surface area contributed by atoms with Crippen LogP contribution in [-0.4, -0.2) is 19.1 Å². The Morgan fingerprint density at radius 3 is 2.41 bits per heavy atom. The van der Waals surface area contributed by atoms with Gasteiger partial charge in [-0.3, -0.25) is 0 Å². The second kappa shape index (κ2) is 5.71. The third-order valence-corrected chi connectivity index (χ3v) is 3.24. The van der Waals surface area contributed by atoms with E-state index >= 15 is 0 Å².